The van der Waals surface area contributed by atoms with Crippen LogP contribution in [0.3, 0.4) is 0 Å². The van der Waals surface area contributed by atoms with Crippen molar-refractivity contribution in [1.82, 2.24) is 5.32 Å². The van der Waals surface area contributed by atoms with Gasteiger partial charge in [0.05, 0.1) is 0 Å². The molecule has 1 heterocycles. The summed E-state index contributed by atoms with van der Waals surface area (Å²) in [6, 6.07) is 11.8. The Hall–Kier alpha value is -2.53. The van der Waals surface area contributed by atoms with E-state index in [0.29, 0.717) is 19.5 Å². The van der Waals surface area contributed by atoms with Gasteiger partial charge in [-0.2, -0.15) is 0 Å². The Labute approximate surface area is 142 Å². The minimum atomic E-state index is 0.0156. The molecule has 0 atom stereocenters. The molecule has 0 saturated heterocycles. The van der Waals surface area contributed by atoms with Crippen molar-refractivity contribution in [3.63, 3.8) is 0 Å². The average molecular weight is 326 g/mol. The minimum Gasteiger partial charge on any atom is -0.454 e. The highest BCUT2D eigenvalue weighted by Gasteiger charge is 2.13. The van der Waals surface area contributed by atoms with E-state index in [1.54, 1.807) is 0 Å². The molecule has 3 rings (SSSR count). The maximum absolute atomic E-state index is 12.1. The molecule has 5 heteroatoms. The number of rotatable bonds is 6. The van der Waals surface area contributed by atoms with E-state index in [9.17, 15) is 4.79 Å². The number of fused-ring (bicyclic) bond motifs is 1. The standard InChI is InChI=1S/C19H22N2O3/c1-13-4-3-5-16(14(13)2)21-19(22)8-9-20-11-15-6-7-17-18(10-15)24-12-23-17/h3-7,10,20H,8-9,11-12H2,1-2H3,(H,21,22). The Morgan fingerprint density at radius 2 is 1.96 bits per heavy atom. The van der Waals surface area contributed by atoms with Gasteiger partial charge in [-0.3, -0.25) is 4.79 Å². The van der Waals surface area contributed by atoms with E-state index in [1.807, 2.05) is 50.2 Å². The normalized spacial score (nSPS) is 12.2. The summed E-state index contributed by atoms with van der Waals surface area (Å²) in [4.78, 5) is 12.1. The van der Waals surface area contributed by atoms with Crippen LogP contribution >= 0.6 is 0 Å². The van der Waals surface area contributed by atoms with E-state index in [0.717, 1.165) is 28.3 Å². The van der Waals surface area contributed by atoms with E-state index in [4.69, 9.17) is 9.47 Å². The van der Waals surface area contributed by atoms with Crippen LogP contribution in [0.1, 0.15) is 23.1 Å². The van der Waals surface area contributed by atoms with E-state index < -0.39 is 0 Å². The number of ether oxygens (including phenoxy) is 2. The summed E-state index contributed by atoms with van der Waals surface area (Å²) < 4.78 is 10.6. The van der Waals surface area contributed by atoms with Gasteiger partial charge in [-0.25, -0.2) is 0 Å². The number of carbonyl (C=O) groups is 1. The fourth-order valence-electron chi connectivity index (χ4n) is 2.58. The largest absolute Gasteiger partial charge is 0.454 e. The summed E-state index contributed by atoms with van der Waals surface area (Å²) in [7, 11) is 0. The van der Waals surface area contributed by atoms with Gasteiger partial charge in [0.1, 0.15) is 0 Å². The Morgan fingerprint density at radius 1 is 1.12 bits per heavy atom. The van der Waals surface area contributed by atoms with Crippen LogP contribution in [0, 0.1) is 13.8 Å². The Balaban J connectivity index is 1.43. The molecule has 1 aliphatic rings. The lowest BCUT2D eigenvalue weighted by molar-refractivity contribution is -0.116. The number of anilines is 1. The highest BCUT2D eigenvalue weighted by molar-refractivity contribution is 5.91. The molecule has 0 bridgehead atoms. The molecule has 0 unspecified atom stereocenters. The highest BCUT2D eigenvalue weighted by Crippen LogP contribution is 2.32. The third-order valence-electron chi connectivity index (χ3n) is 4.17. The molecule has 2 aromatic rings. The smallest absolute Gasteiger partial charge is 0.231 e. The number of benzene rings is 2. The second-order valence-electron chi connectivity index (χ2n) is 5.91. The Kier molecular flexibility index (Phi) is 5.01. The van der Waals surface area contributed by atoms with Crippen LogP contribution in [0.25, 0.3) is 0 Å². The van der Waals surface area contributed by atoms with Gasteiger partial charge in [-0.1, -0.05) is 18.2 Å². The molecule has 5 nitrogen and oxygen atoms in total. The van der Waals surface area contributed by atoms with Crippen molar-refractivity contribution in [1.29, 1.82) is 0 Å². The molecule has 0 radical (unpaired) electrons. The Bertz CT molecular complexity index is 743. The summed E-state index contributed by atoms with van der Waals surface area (Å²) in [5.74, 6) is 1.58. The predicted molar refractivity (Wildman–Crippen MR) is 93.4 cm³/mol. The van der Waals surface area contributed by atoms with Crippen LogP contribution < -0.4 is 20.1 Å². The first-order chi connectivity index (χ1) is 11.6. The quantitative estimate of drug-likeness (QED) is 0.801. The molecule has 0 aliphatic carbocycles. The van der Waals surface area contributed by atoms with Crippen molar-refractivity contribution in [2.24, 2.45) is 0 Å². The summed E-state index contributed by atoms with van der Waals surface area (Å²) >= 11 is 0. The SMILES string of the molecule is Cc1cccc(NC(=O)CCNCc2ccc3c(c2)OCO3)c1C. The minimum absolute atomic E-state index is 0.0156. The highest BCUT2D eigenvalue weighted by atomic mass is 16.7. The van der Waals surface area contributed by atoms with Crippen LogP contribution in [-0.4, -0.2) is 19.2 Å². The van der Waals surface area contributed by atoms with Crippen molar-refractivity contribution in [2.45, 2.75) is 26.8 Å². The average Bonchev–Trinajstić information content (AvgIpc) is 3.03. The summed E-state index contributed by atoms with van der Waals surface area (Å²) in [5.41, 5.74) is 4.28. The van der Waals surface area contributed by atoms with E-state index in [2.05, 4.69) is 10.6 Å². The molecule has 0 aromatic heterocycles. The van der Waals surface area contributed by atoms with Gasteiger partial charge in [0.15, 0.2) is 11.5 Å². The maximum atomic E-state index is 12.1. The van der Waals surface area contributed by atoms with Crippen LogP contribution in [-0.2, 0) is 11.3 Å². The van der Waals surface area contributed by atoms with E-state index >= 15 is 0 Å². The van der Waals surface area contributed by atoms with Gasteiger partial charge in [0, 0.05) is 25.2 Å². The molecule has 2 N–H and O–H groups in total. The molecular weight excluding hydrogens is 304 g/mol. The summed E-state index contributed by atoms with van der Waals surface area (Å²) in [6.45, 7) is 5.64. The van der Waals surface area contributed by atoms with Crippen molar-refractivity contribution in [3.8, 4) is 11.5 Å². The monoisotopic (exact) mass is 326 g/mol. The lowest BCUT2D eigenvalue weighted by atomic mass is 10.1. The van der Waals surface area contributed by atoms with Crippen molar-refractivity contribution < 1.29 is 14.3 Å². The molecule has 0 saturated carbocycles. The third-order valence-corrected chi connectivity index (χ3v) is 4.17. The van der Waals surface area contributed by atoms with Gasteiger partial charge in [-0.15, -0.1) is 0 Å². The number of hydrogen-bond donors (Lipinski definition) is 2. The first kappa shape index (κ1) is 16.3. The zero-order chi connectivity index (χ0) is 16.9. The van der Waals surface area contributed by atoms with Crippen molar-refractivity contribution >= 4 is 11.6 Å². The number of amides is 1. The van der Waals surface area contributed by atoms with Crippen LogP contribution in [0.5, 0.6) is 11.5 Å². The molecular formula is C19H22N2O3. The molecule has 24 heavy (non-hydrogen) atoms. The van der Waals surface area contributed by atoms with Crippen LogP contribution in [0.15, 0.2) is 36.4 Å². The Morgan fingerprint density at radius 3 is 2.83 bits per heavy atom. The fraction of sp³-hybridized carbons (Fsp3) is 0.316. The number of aryl methyl sites for hydroxylation is 1. The molecule has 1 aliphatic heterocycles. The predicted octanol–water partition coefficient (Wildman–Crippen LogP) is 3.15. The molecule has 126 valence electrons. The van der Waals surface area contributed by atoms with Gasteiger partial charge < -0.3 is 20.1 Å². The number of carbonyl (C=O) groups excluding carboxylic acids is 1. The van der Waals surface area contributed by atoms with Gasteiger partial charge in [0.2, 0.25) is 12.7 Å². The molecule has 1 amide bonds. The molecule has 0 spiro atoms. The first-order valence-electron chi connectivity index (χ1n) is 8.09. The summed E-state index contributed by atoms with van der Waals surface area (Å²) in [6.07, 6.45) is 0.429. The zero-order valence-corrected chi connectivity index (χ0v) is 14.0. The topological polar surface area (TPSA) is 59.6 Å². The van der Waals surface area contributed by atoms with Crippen LogP contribution in [0.2, 0.25) is 0 Å². The second-order valence-corrected chi connectivity index (χ2v) is 5.91. The summed E-state index contributed by atoms with van der Waals surface area (Å²) in [5, 5.41) is 6.25. The van der Waals surface area contributed by atoms with Crippen molar-refractivity contribution in [3.05, 3.63) is 53.1 Å². The first-order valence-corrected chi connectivity index (χ1v) is 8.09. The number of nitrogens with one attached hydrogen (secondary N) is 2. The zero-order valence-electron chi connectivity index (χ0n) is 14.0. The lowest BCUT2D eigenvalue weighted by Gasteiger charge is -2.11. The second kappa shape index (κ2) is 7.36. The van der Waals surface area contributed by atoms with Crippen LogP contribution in [0.4, 0.5) is 5.69 Å². The van der Waals surface area contributed by atoms with Gasteiger partial charge >= 0.3 is 0 Å². The third kappa shape index (κ3) is 3.86. The maximum Gasteiger partial charge on any atom is 0.231 e. The van der Waals surface area contributed by atoms with E-state index in [-0.39, 0.29) is 12.7 Å². The van der Waals surface area contributed by atoms with Gasteiger partial charge in [-0.05, 0) is 48.7 Å². The molecule has 2 aromatic carbocycles. The fourth-order valence-corrected chi connectivity index (χ4v) is 2.58. The van der Waals surface area contributed by atoms with E-state index in [1.165, 1.54) is 5.56 Å². The van der Waals surface area contributed by atoms with Crippen molar-refractivity contribution in [2.75, 3.05) is 18.7 Å². The lowest BCUT2D eigenvalue weighted by Crippen LogP contribution is -2.21. The number of hydrogen-bond acceptors (Lipinski definition) is 4. The molecule has 0 fully saturated rings. The van der Waals surface area contributed by atoms with Gasteiger partial charge in [0.25, 0.3) is 0 Å².